The van der Waals surface area contributed by atoms with Gasteiger partial charge in [0.15, 0.2) is 4.80 Å². The standard InChI is InChI=1S/C17H23N3O3S2/c1-4-12-8-6-10-14-15(12)19(5-2)17(24-14)18-16(21)13-9-7-11-20(13)25(3,22)23/h6,8,10,13H,4-5,7,9,11H2,1-3H3. The number of carbonyl (C=O) groups excluding carboxylic acids is 1. The molecule has 1 aliphatic rings. The molecule has 1 saturated heterocycles. The van der Waals surface area contributed by atoms with E-state index in [1.54, 1.807) is 0 Å². The second-order valence-corrected chi connectivity index (χ2v) is 9.17. The molecule has 1 unspecified atom stereocenters. The molecule has 2 aromatic rings. The molecule has 25 heavy (non-hydrogen) atoms. The fourth-order valence-electron chi connectivity index (χ4n) is 3.42. The van der Waals surface area contributed by atoms with E-state index in [4.69, 9.17) is 0 Å². The quantitative estimate of drug-likeness (QED) is 0.814. The molecule has 136 valence electrons. The van der Waals surface area contributed by atoms with Crippen LogP contribution >= 0.6 is 11.3 Å². The predicted molar refractivity (Wildman–Crippen MR) is 100 cm³/mol. The lowest BCUT2D eigenvalue weighted by atomic mass is 10.1. The minimum atomic E-state index is -3.39. The Morgan fingerprint density at radius 2 is 2.12 bits per heavy atom. The minimum absolute atomic E-state index is 0.366. The highest BCUT2D eigenvalue weighted by Gasteiger charge is 2.36. The summed E-state index contributed by atoms with van der Waals surface area (Å²) in [5.41, 5.74) is 2.35. The van der Waals surface area contributed by atoms with Crippen molar-refractivity contribution in [2.24, 2.45) is 4.99 Å². The number of fused-ring (bicyclic) bond motifs is 1. The molecule has 0 bridgehead atoms. The Hall–Kier alpha value is -1.51. The number of aryl methyl sites for hydroxylation is 2. The first kappa shape index (κ1) is 18.3. The lowest BCUT2D eigenvalue weighted by molar-refractivity contribution is -0.121. The second-order valence-electron chi connectivity index (χ2n) is 6.23. The van der Waals surface area contributed by atoms with Crippen LogP contribution in [-0.2, 0) is 27.8 Å². The van der Waals surface area contributed by atoms with Crippen LogP contribution in [-0.4, -0.2) is 42.0 Å². The van der Waals surface area contributed by atoms with Crippen molar-refractivity contribution in [3.05, 3.63) is 28.6 Å². The highest BCUT2D eigenvalue weighted by atomic mass is 32.2. The van der Waals surface area contributed by atoms with Crippen LogP contribution in [0.5, 0.6) is 0 Å². The minimum Gasteiger partial charge on any atom is -0.316 e. The van der Waals surface area contributed by atoms with E-state index in [0.717, 1.165) is 22.9 Å². The molecule has 8 heteroatoms. The molecular weight excluding hydrogens is 358 g/mol. The summed E-state index contributed by atoms with van der Waals surface area (Å²) in [6.07, 6.45) is 3.29. The van der Waals surface area contributed by atoms with Crippen molar-refractivity contribution >= 4 is 37.5 Å². The summed E-state index contributed by atoms with van der Waals surface area (Å²) in [5.74, 6) is -0.366. The van der Waals surface area contributed by atoms with Gasteiger partial charge in [0.1, 0.15) is 6.04 Å². The number of rotatable bonds is 4. The number of hydrogen-bond donors (Lipinski definition) is 0. The van der Waals surface area contributed by atoms with Crippen LogP contribution in [0.2, 0.25) is 0 Å². The molecule has 1 aliphatic heterocycles. The summed E-state index contributed by atoms with van der Waals surface area (Å²) < 4.78 is 28.2. The maximum absolute atomic E-state index is 12.7. The average molecular weight is 382 g/mol. The summed E-state index contributed by atoms with van der Waals surface area (Å²) >= 11 is 1.48. The van der Waals surface area contributed by atoms with E-state index in [2.05, 4.69) is 22.5 Å². The summed E-state index contributed by atoms with van der Waals surface area (Å²) in [4.78, 5) is 17.7. The van der Waals surface area contributed by atoms with Crippen LogP contribution in [0.25, 0.3) is 10.2 Å². The van der Waals surface area contributed by atoms with Crippen molar-refractivity contribution in [1.29, 1.82) is 0 Å². The molecule has 0 spiro atoms. The van der Waals surface area contributed by atoms with Gasteiger partial charge >= 0.3 is 0 Å². The summed E-state index contributed by atoms with van der Waals surface area (Å²) in [7, 11) is -3.39. The van der Waals surface area contributed by atoms with Crippen LogP contribution in [0.3, 0.4) is 0 Å². The molecule has 6 nitrogen and oxygen atoms in total. The van der Waals surface area contributed by atoms with Crippen LogP contribution < -0.4 is 4.80 Å². The Morgan fingerprint density at radius 1 is 1.36 bits per heavy atom. The molecule has 1 aromatic heterocycles. The van der Waals surface area contributed by atoms with E-state index in [0.29, 0.717) is 30.7 Å². The number of carbonyl (C=O) groups is 1. The first-order chi connectivity index (χ1) is 11.9. The fourth-order valence-corrected chi connectivity index (χ4v) is 5.69. The monoisotopic (exact) mass is 381 g/mol. The van der Waals surface area contributed by atoms with Crippen molar-refractivity contribution in [1.82, 2.24) is 8.87 Å². The van der Waals surface area contributed by atoms with Crippen LogP contribution in [0.4, 0.5) is 0 Å². The van der Waals surface area contributed by atoms with Crippen molar-refractivity contribution in [2.75, 3.05) is 12.8 Å². The number of hydrogen-bond acceptors (Lipinski definition) is 4. The highest BCUT2D eigenvalue weighted by Crippen LogP contribution is 2.23. The second kappa shape index (κ2) is 7.01. The van der Waals surface area contributed by atoms with E-state index >= 15 is 0 Å². The van der Waals surface area contributed by atoms with Gasteiger partial charge in [0, 0.05) is 13.1 Å². The lowest BCUT2D eigenvalue weighted by Gasteiger charge is -2.18. The normalized spacial score (nSPS) is 19.8. The van der Waals surface area contributed by atoms with E-state index in [9.17, 15) is 13.2 Å². The van der Waals surface area contributed by atoms with Gasteiger partial charge in [0.2, 0.25) is 10.0 Å². The van der Waals surface area contributed by atoms with Gasteiger partial charge in [-0.15, -0.1) is 0 Å². The van der Waals surface area contributed by atoms with Crippen LogP contribution in [0.1, 0.15) is 32.3 Å². The Kier molecular flexibility index (Phi) is 5.13. The molecule has 0 N–H and O–H groups in total. The Labute approximate surface area is 151 Å². The molecule has 1 fully saturated rings. The maximum Gasteiger partial charge on any atom is 0.266 e. The van der Waals surface area contributed by atoms with Gasteiger partial charge in [0.25, 0.3) is 5.91 Å². The largest absolute Gasteiger partial charge is 0.316 e. The van der Waals surface area contributed by atoms with Gasteiger partial charge in [-0.1, -0.05) is 30.4 Å². The number of aromatic nitrogens is 1. The molecule has 1 amide bonds. The number of thiazole rings is 1. The van der Waals surface area contributed by atoms with Gasteiger partial charge in [-0.25, -0.2) is 8.42 Å². The van der Waals surface area contributed by atoms with E-state index < -0.39 is 16.1 Å². The molecule has 1 atom stereocenters. The first-order valence-electron chi connectivity index (χ1n) is 8.53. The molecule has 2 heterocycles. The summed E-state index contributed by atoms with van der Waals surface area (Å²) in [6.45, 7) is 5.24. The van der Waals surface area contributed by atoms with E-state index in [1.807, 2.05) is 19.1 Å². The van der Waals surface area contributed by atoms with E-state index in [-0.39, 0.29) is 5.91 Å². The van der Waals surface area contributed by atoms with Crippen molar-refractivity contribution in [3.63, 3.8) is 0 Å². The van der Waals surface area contributed by atoms with Gasteiger partial charge < -0.3 is 4.57 Å². The molecule has 0 radical (unpaired) electrons. The maximum atomic E-state index is 12.7. The van der Waals surface area contributed by atoms with Crippen molar-refractivity contribution in [2.45, 2.75) is 45.7 Å². The van der Waals surface area contributed by atoms with Gasteiger partial charge in [0.05, 0.1) is 16.5 Å². The van der Waals surface area contributed by atoms with Crippen LogP contribution in [0, 0.1) is 0 Å². The Morgan fingerprint density at radius 3 is 2.76 bits per heavy atom. The first-order valence-corrected chi connectivity index (χ1v) is 11.2. The number of nitrogens with zero attached hydrogens (tertiary/aromatic N) is 3. The third kappa shape index (κ3) is 3.43. The molecule has 0 saturated carbocycles. The SMILES string of the molecule is CCc1cccc2sc(=NC(=O)C3CCCN3S(C)(=O)=O)n(CC)c12. The smallest absolute Gasteiger partial charge is 0.266 e. The number of para-hydroxylation sites is 1. The van der Waals surface area contributed by atoms with Crippen LogP contribution in [0.15, 0.2) is 23.2 Å². The summed E-state index contributed by atoms with van der Waals surface area (Å²) in [5, 5.41) is 0. The molecule has 3 rings (SSSR count). The highest BCUT2D eigenvalue weighted by molar-refractivity contribution is 7.88. The number of amides is 1. The zero-order chi connectivity index (χ0) is 18.2. The summed E-state index contributed by atoms with van der Waals surface area (Å²) in [6, 6.07) is 5.48. The average Bonchev–Trinajstić information content (AvgIpc) is 3.18. The zero-order valence-electron chi connectivity index (χ0n) is 14.7. The zero-order valence-corrected chi connectivity index (χ0v) is 16.4. The Bertz CT molecular complexity index is 973. The topological polar surface area (TPSA) is 71.7 Å². The molecule has 1 aromatic carbocycles. The third-order valence-corrected chi connectivity index (χ3v) is 6.93. The number of sulfonamides is 1. The van der Waals surface area contributed by atoms with E-state index in [1.165, 1.54) is 21.2 Å². The van der Waals surface area contributed by atoms with Gasteiger partial charge in [-0.05, 0) is 37.8 Å². The fraction of sp³-hybridized carbons (Fsp3) is 0.529. The van der Waals surface area contributed by atoms with Gasteiger partial charge in [-0.2, -0.15) is 9.30 Å². The van der Waals surface area contributed by atoms with Crippen molar-refractivity contribution < 1.29 is 13.2 Å². The molecular formula is C17H23N3O3S2. The Balaban J connectivity index is 2.08. The van der Waals surface area contributed by atoms with Crippen molar-refractivity contribution in [3.8, 4) is 0 Å². The number of benzene rings is 1. The molecule has 0 aliphatic carbocycles. The predicted octanol–water partition coefficient (Wildman–Crippen LogP) is 2.14. The third-order valence-electron chi connectivity index (χ3n) is 4.60. The van der Waals surface area contributed by atoms with Gasteiger partial charge in [-0.3, -0.25) is 4.79 Å². The lowest BCUT2D eigenvalue weighted by Crippen LogP contribution is -2.39.